The monoisotopic (exact) mass is 358 g/mol. The van der Waals surface area contributed by atoms with Gasteiger partial charge in [-0.3, -0.25) is 4.40 Å². The van der Waals surface area contributed by atoms with E-state index in [-0.39, 0.29) is 0 Å². The summed E-state index contributed by atoms with van der Waals surface area (Å²) < 4.78 is 1.81. The largest absolute Gasteiger partial charge is 0.275 e. The molecule has 0 unspecified atom stereocenters. The summed E-state index contributed by atoms with van der Waals surface area (Å²) in [6.07, 6.45) is 1.77. The number of thiazole rings is 1. The molecular formula is C13H12Cl2N4S2. The van der Waals surface area contributed by atoms with E-state index in [0.29, 0.717) is 21.6 Å². The van der Waals surface area contributed by atoms with Gasteiger partial charge in [-0.2, -0.15) is 0 Å². The number of rotatable bonds is 4. The Labute approximate surface area is 140 Å². The zero-order chi connectivity index (χ0) is 15.0. The van der Waals surface area contributed by atoms with Gasteiger partial charge in [0.1, 0.15) is 0 Å². The fourth-order valence-electron chi connectivity index (χ4n) is 1.79. The lowest BCUT2D eigenvalue weighted by Gasteiger charge is -2.01. The van der Waals surface area contributed by atoms with E-state index in [0.717, 1.165) is 21.6 Å². The molecule has 3 heterocycles. The van der Waals surface area contributed by atoms with E-state index in [2.05, 4.69) is 34.4 Å². The molecule has 3 rings (SSSR count). The van der Waals surface area contributed by atoms with Gasteiger partial charge in [0.15, 0.2) is 10.8 Å². The second-order valence-electron chi connectivity index (χ2n) is 4.80. The lowest BCUT2D eigenvalue weighted by molar-refractivity contribution is 0.845. The summed E-state index contributed by atoms with van der Waals surface area (Å²) in [6, 6.07) is 1.66. The van der Waals surface area contributed by atoms with Crippen molar-refractivity contribution in [1.29, 1.82) is 0 Å². The van der Waals surface area contributed by atoms with E-state index in [4.69, 9.17) is 23.2 Å². The van der Waals surface area contributed by atoms with Gasteiger partial charge in [0.2, 0.25) is 0 Å². The van der Waals surface area contributed by atoms with Crippen LogP contribution in [0.15, 0.2) is 22.8 Å². The van der Waals surface area contributed by atoms with Crippen molar-refractivity contribution < 1.29 is 0 Å². The molecule has 0 radical (unpaired) electrons. The number of fused-ring (bicyclic) bond motifs is 1. The molecule has 110 valence electrons. The maximum atomic E-state index is 6.10. The topological polar surface area (TPSA) is 43.1 Å². The maximum absolute atomic E-state index is 6.10. The quantitative estimate of drug-likeness (QED) is 0.621. The predicted octanol–water partition coefficient (Wildman–Crippen LogP) is 4.91. The SMILES string of the molecule is CC(C)c1nc(CSc2nnc3c(Cl)cc(Cl)cn23)cs1. The first kappa shape index (κ1) is 15.1. The number of hydrogen-bond donors (Lipinski definition) is 0. The lowest BCUT2D eigenvalue weighted by atomic mass is 10.2. The molecule has 0 bridgehead atoms. The molecule has 0 amide bonds. The number of aromatic nitrogens is 4. The molecule has 21 heavy (non-hydrogen) atoms. The highest BCUT2D eigenvalue weighted by Gasteiger charge is 2.12. The highest BCUT2D eigenvalue weighted by atomic mass is 35.5. The average Bonchev–Trinajstić information content (AvgIpc) is 3.02. The fraction of sp³-hybridized carbons (Fsp3) is 0.308. The number of nitrogens with zero attached hydrogens (tertiary/aromatic N) is 4. The van der Waals surface area contributed by atoms with Gasteiger partial charge in [-0.25, -0.2) is 4.98 Å². The molecular weight excluding hydrogens is 347 g/mol. The smallest absolute Gasteiger partial charge is 0.196 e. The Balaban J connectivity index is 1.81. The first-order valence-electron chi connectivity index (χ1n) is 6.31. The van der Waals surface area contributed by atoms with Crippen molar-refractivity contribution in [3.8, 4) is 0 Å². The molecule has 8 heteroatoms. The van der Waals surface area contributed by atoms with Crippen LogP contribution in [0.4, 0.5) is 0 Å². The molecule has 3 aromatic heterocycles. The Morgan fingerprint density at radius 2 is 2.14 bits per heavy atom. The molecule has 4 nitrogen and oxygen atoms in total. The molecule has 0 saturated heterocycles. The van der Waals surface area contributed by atoms with Crippen LogP contribution in [0, 0.1) is 0 Å². The van der Waals surface area contributed by atoms with E-state index in [1.807, 2.05) is 4.40 Å². The van der Waals surface area contributed by atoms with Crippen LogP contribution in [0.3, 0.4) is 0 Å². The highest BCUT2D eigenvalue weighted by Crippen LogP contribution is 2.28. The second kappa shape index (κ2) is 6.12. The van der Waals surface area contributed by atoms with Crippen molar-refractivity contribution in [3.63, 3.8) is 0 Å². The minimum Gasteiger partial charge on any atom is -0.275 e. The third-order valence-electron chi connectivity index (χ3n) is 2.81. The van der Waals surface area contributed by atoms with Crippen LogP contribution in [0.1, 0.15) is 30.5 Å². The predicted molar refractivity (Wildman–Crippen MR) is 88.8 cm³/mol. The third-order valence-corrected chi connectivity index (χ3v) is 5.46. The first-order valence-corrected chi connectivity index (χ1v) is 8.93. The third kappa shape index (κ3) is 3.18. The van der Waals surface area contributed by atoms with Crippen molar-refractivity contribution in [1.82, 2.24) is 19.6 Å². The Morgan fingerprint density at radius 1 is 1.33 bits per heavy atom. The molecule has 0 aliphatic heterocycles. The van der Waals surface area contributed by atoms with Gasteiger partial charge in [0, 0.05) is 23.2 Å². The molecule has 0 aromatic carbocycles. The number of thioether (sulfide) groups is 1. The second-order valence-corrected chi connectivity index (χ2v) is 7.48. The number of hydrogen-bond acceptors (Lipinski definition) is 5. The van der Waals surface area contributed by atoms with Crippen LogP contribution in [0.25, 0.3) is 5.65 Å². The molecule has 0 fully saturated rings. The van der Waals surface area contributed by atoms with Crippen LogP contribution in [-0.4, -0.2) is 19.6 Å². The summed E-state index contributed by atoms with van der Waals surface area (Å²) in [5.74, 6) is 1.20. The van der Waals surface area contributed by atoms with Gasteiger partial charge in [0.25, 0.3) is 0 Å². The summed E-state index contributed by atoms with van der Waals surface area (Å²) in [7, 11) is 0. The van der Waals surface area contributed by atoms with E-state index in [1.54, 1.807) is 35.4 Å². The van der Waals surface area contributed by atoms with Crippen molar-refractivity contribution in [2.75, 3.05) is 0 Å². The zero-order valence-electron chi connectivity index (χ0n) is 11.4. The highest BCUT2D eigenvalue weighted by molar-refractivity contribution is 7.98. The van der Waals surface area contributed by atoms with E-state index in [9.17, 15) is 0 Å². The van der Waals surface area contributed by atoms with Crippen molar-refractivity contribution in [2.24, 2.45) is 0 Å². The first-order chi connectivity index (χ1) is 10.0. The van der Waals surface area contributed by atoms with Gasteiger partial charge < -0.3 is 0 Å². The van der Waals surface area contributed by atoms with Crippen molar-refractivity contribution in [3.05, 3.63) is 38.4 Å². The van der Waals surface area contributed by atoms with Gasteiger partial charge in [0.05, 0.1) is 20.7 Å². The van der Waals surface area contributed by atoms with E-state index < -0.39 is 0 Å². The molecule has 0 saturated carbocycles. The Hall–Kier alpha value is -0.820. The number of pyridine rings is 1. The summed E-state index contributed by atoms with van der Waals surface area (Å²) in [5.41, 5.74) is 1.67. The maximum Gasteiger partial charge on any atom is 0.196 e. The average molecular weight is 359 g/mol. The Morgan fingerprint density at radius 3 is 2.86 bits per heavy atom. The van der Waals surface area contributed by atoms with Crippen molar-refractivity contribution in [2.45, 2.75) is 30.7 Å². The molecule has 0 aliphatic rings. The summed E-state index contributed by atoms with van der Waals surface area (Å²) in [6.45, 7) is 4.29. The van der Waals surface area contributed by atoms with Gasteiger partial charge in [-0.15, -0.1) is 21.5 Å². The van der Waals surface area contributed by atoms with Crippen molar-refractivity contribution >= 4 is 51.9 Å². The lowest BCUT2D eigenvalue weighted by Crippen LogP contribution is -1.90. The van der Waals surface area contributed by atoms with E-state index in [1.165, 1.54) is 0 Å². The molecule has 0 atom stereocenters. The van der Waals surface area contributed by atoms with Crippen LogP contribution < -0.4 is 0 Å². The van der Waals surface area contributed by atoms with Crippen LogP contribution in [-0.2, 0) is 5.75 Å². The van der Waals surface area contributed by atoms with Gasteiger partial charge in [-0.1, -0.05) is 48.8 Å². The van der Waals surface area contributed by atoms with Gasteiger partial charge in [-0.05, 0) is 6.07 Å². The zero-order valence-corrected chi connectivity index (χ0v) is 14.5. The minimum atomic E-state index is 0.459. The normalized spacial score (nSPS) is 11.7. The Kier molecular flexibility index (Phi) is 4.40. The van der Waals surface area contributed by atoms with Gasteiger partial charge >= 0.3 is 0 Å². The summed E-state index contributed by atoms with van der Waals surface area (Å²) in [5, 5.41) is 13.3. The molecule has 0 spiro atoms. The molecule has 0 N–H and O–H groups in total. The molecule has 3 aromatic rings. The Bertz CT molecular complexity index is 782. The van der Waals surface area contributed by atoms with Crippen LogP contribution in [0.5, 0.6) is 0 Å². The van der Waals surface area contributed by atoms with Crippen LogP contribution in [0.2, 0.25) is 10.0 Å². The molecule has 0 aliphatic carbocycles. The summed E-state index contributed by atoms with van der Waals surface area (Å²) >= 11 is 15.4. The number of halogens is 2. The minimum absolute atomic E-state index is 0.459. The fourth-order valence-corrected chi connectivity index (χ4v) is 4.04. The van der Waals surface area contributed by atoms with Crippen LogP contribution >= 0.6 is 46.3 Å². The summed E-state index contributed by atoms with van der Waals surface area (Å²) in [4.78, 5) is 4.61. The standard InChI is InChI=1S/C13H12Cl2N4S2/c1-7(2)12-16-9(5-20-12)6-21-13-18-17-11-10(15)3-8(14)4-19(11)13/h3-5,7H,6H2,1-2H3. The van der Waals surface area contributed by atoms with E-state index >= 15 is 0 Å².